The highest BCUT2D eigenvalue weighted by Crippen LogP contribution is 2.28. The quantitative estimate of drug-likeness (QED) is 0.922. The number of rotatable bonds is 2. The van der Waals surface area contributed by atoms with Gasteiger partial charge in [0.25, 0.3) is 0 Å². The Hall–Kier alpha value is -1.70. The van der Waals surface area contributed by atoms with E-state index in [1.807, 2.05) is 24.3 Å². The standard InChI is InChI=1S/C13H13ClN4O2S/c14-10-4-2-1-3-9(10)11-7-18(5-6-20-11)13(19)16-12-17-15-8-21-12/h1-4,8,11H,5-7H2,(H,16,17,19)/t11-/m1/s1. The molecular weight excluding hydrogens is 312 g/mol. The Balaban J connectivity index is 1.68. The maximum absolute atomic E-state index is 12.2. The summed E-state index contributed by atoms with van der Waals surface area (Å²) in [5.41, 5.74) is 2.47. The van der Waals surface area contributed by atoms with Crippen LogP contribution in [0.5, 0.6) is 0 Å². The largest absolute Gasteiger partial charge is 0.370 e. The van der Waals surface area contributed by atoms with E-state index in [2.05, 4.69) is 15.5 Å². The lowest BCUT2D eigenvalue weighted by Gasteiger charge is -2.33. The molecule has 1 aliphatic rings. The molecule has 6 nitrogen and oxygen atoms in total. The number of anilines is 1. The van der Waals surface area contributed by atoms with E-state index < -0.39 is 0 Å². The van der Waals surface area contributed by atoms with E-state index in [1.165, 1.54) is 11.3 Å². The third-order valence-corrected chi connectivity index (χ3v) is 4.13. The van der Waals surface area contributed by atoms with Crippen molar-refractivity contribution in [3.63, 3.8) is 0 Å². The number of carbonyl (C=O) groups is 1. The van der Waals surface area contributed by atoms with Gasteiger partial charge in [-0.1, -0.05) is 41.1 Å². The van der Waals surface area contributed by atoms with Gasteiger partial charge in [-0.25, -0.2) is 4.79 Å². The van der Waals surface area contributed by atoms with Gasteiger partial charge in [0.15, 0.2) is 0 Å². The molecule has 2 aromatic rings. The number of nitrogens with one attached hydrogen (secondary N) is 1. The molecule has 2 amide bonds. The van der Waals surface area contributed by atoms with Crippen molar-refractivity contribution in [2.24, 2.45) is 0 Å². The summed E-state index contributed by atoms with van der Waals surface area (Å²) in [6.07, 6.45) is -0.215. The number of amides is 2. The van der Waals surface area contributed by atoms with Crippen molar-refractivity contribution in [3.8, 4) is 0 Å². The lowest BCUT2D eigenvalue weighted by Crippen LogP contribution is -2.44. The van der Waals surface area contributed by atoms with Crippen LogP contribution in [0.4, 0.5) is 9.93 Å². The molecule has 1 aliphatic heterocycles. The summed E-state index contributed by atoms with van der Waals surface area (Å²) in [7, 11) is 0. The molecule has 0 spiro atoms. The molecule has 21 heavy (non-hydrogen) atoms. The first-order valence-electron chi connectivity index (χ1n) is 6.42. The van der Waals surface area contributed by atoms with Crippen molar-refractivity contribution >= 4 is 34.1 Å². The number of hydrogen-bond donors (Lipinski definition) is 1. The molecule has 8 heteroatoms. The van der Waals surface area contributed by atoms with E-state index in [0.717, 1.165) is 5.56 Å². The number of ether oxygens (including phenoxy) is 1. The Bertz CT molecular complexity index is 622. The molecule has 1 aromatic heterocycles. The summed E-state index contributed by atoms with van der Waals surface area (Å²) in [5.74, 6) is 0. The van der Waals surface area contributed by atoms with E-state index in [4.69, 9.17) is 16.3 Å². The average Bonchev–Trinajstić information content (AvgIpc) is 3.01. The van der Waals surface area contributed by atoms with Crippen LogP contribution in [0.25, 0.3) is 0 Å². The zero-order valence-corrected chi connectivity index (χ0v) is 12.6. The Morgan fingerprint density at radius 2 is 2.33 bits per heavy atom. The Labute approximate surface area is 130 Å². The summed E-state index contributed by atoms with van der Waals surface area (Å²) >= 11 is 7.47. The van der Waals surface area contributed by atoms with Gasteiger partial charge in [-0.05, 0) is 6.07 Å². The molecule has 1 fully saturated rings. The highest BCUT2D eigenvalue weighted by atomic mass is 35.5. The van der Waals surface area contributed by atoms with Crippen molar-refractivity contribution in [1.29, 1.82) is 0 Å². The number of urea groups is 1. The fourth-order valence-corrected chi connectivity index (χ4v) is 2.85. The van der Waals surface area contributed by atoms with Crippen molar-refractivity contribution in [1.82, 2.24) is 15.1 Å². The fraction of sp³-hybridized carbons (Fsp3) is 0.308. The minimum atomic E-state index is -0.215. The van der Waals surface area contributed by atoms with Gasteiger partial charge >= 0.3 is 6.03 Å². The summed E-state index contributed by atoms with van der Waals surface area (Å²) in [4.78, 5) is 13.9. The van der Waals surface area contributed by atoms with Crippen molar-refractivity contribution in [3.05, 3.63) is 40.4 Å². The Morgan fingerprint density at radius 3 is 3.10 bits per heavy atom. The molecule has 2 heterocycles. The normalized spacial score (nSPS) is 18.5. The zero-order valence-electron chi connectivity index (χ0n) is 11.0. The Morgan fingerprint density at radius 1 is 1.48 bits per heavy atom. The van der Waals surface area contributed by atoms with Crippen LogP contribution in [0, 0.1) is 0 Å². The SMILES string of the molecule is O=C(Nc1nncs1)N1CCO[C@@H](c2ccccc2Cl)C1. The number of halogens is 1. The molecule has 1 atom stereocenters. The summed E-state index contributed by atoms with van der Waals surface area (Å²) in [5, 5.41) is 11.3. The summed E-state index contributed by atoms with van der Waals surface area (Å²) in [6.45, 7) is 1.46. The molecule has 0 aliphatic carbocycles. The summed E-state index contributed by atoms with van der Waals surface area (Å²) < 4.78 is 5.73. The van der Waals surface area contributed by atoms with Gasteiger partial charge < -0.3 is 9.64 Å². The van der Waals surface area contributed by atoms with Gasteiger partial charge in [0, 0.05) is 17.1 Å². The first kappa shape index (κ1) is 14.2. The molecule has 0 bridgehead atoms. The van der Waals surface area contributed by atoms with Gasteiger partial charge in [-0.15, -0.1) is 10.2 Å². The average molecular weight is 325 g/mol. The van der Waals surface area contributed by atoms with Crippen LogP contribution in [-0.4, -0.2) is 40.8 Å². The van der Waals surface area contributed by atoms with E-state index in [-0.39, 0.29) is 12.1 Å². The van der Waals surface area contributed by atoms with E-state index in [9.17, 15) is 4.79 Å². The maximum atomic E-state index is 12.2. The van der Waals surface area contributed by atoms with Crippen molar-refractivity contribution in [2.45, 2.75) is 6.10 Å². The summed E-state index contributed by atoms with van der Waals surface area (Å²) in [6, 6.07) is 7.31. The van der Waals surface area contributed by atoms with E-state index >= 15 is 0 Å². The highest BCUT2D eigenvalue weighted by molar-refractivity contribution is 7.13. The first-order chi connectivity index (χ1) is 10.2. The second-order valence-corrected chi connectivity index (χ2v) is 5.74. The van der Waals surface area contributed by atoms with Gasteiger partial charge in [0.1, 0.15) is 11.6 Å². The van der Waals surface area contributed by atoms with Crippen LogP contribution in [0.1, 0.15) is 11.7 Å². The van der Waals surface area contributed by atoms with Gasteiger partial charge in [0.2, 0.25) is 5.13 Å². The second-order valence-electron chi connectivity index (χ2n) is 4.50. The highest BCUT2D eigenvalue weighted by Gasteiger charge is 2.27. The number of nitrogens with zero attached hydrogens (tertiary/aromatic N) is 3. The van der Waals surface area contributed by atoms with Gasteiger partial charge in [-0.3, -0.25) is 5.32 Å². The molecule has 110 valence electrons. The Kier molecular flexibility index (Phi) is 4.33. The number of aromatic nitrogens is 2. The van der Waals surface area contributed by atoms with Gasteiger partial charge in [0.05, 0.1) is 13.2 Å². The molecular formula is C13H13ClN4O2S. The number of morpholine rings is 1. The van der Waals surface area contributed by atoms with Crippen molar-refractivity contribution in [2.75, 3.05) is 25.0 Å². The predicted octanol–water partition coefficient (Wildman–Crippen LogP) is 2.80. The third-order valence-electron chi connectivity index (χ3n) is 3.18. The molecule has 1 saturated heterocycles. The van der Waals surface area contributed by atoms with Crippen LogP contribution in [0.15, 0.2) is 29.8 Å². The number of hydrogen-bond acceptors (Lipinski definition) is 5. The third kappa shape index (κ3) is 3.31. The number of carbonyl (C=O) groups excluding carboxylic acids is 1. The molecule has 1 N–H and O–H groups in total. The molecule has 0 unspecified atom stereocenters. The molecule has 0 saturated carbocycles. The minimum absolute atomic E-state index is 0.202. The fourth-order valence-electron chi connectivity index (χ4n) is 2.16. The second kappa shape index (κ2) is 6.38. The van der Waals surface area contributed by atoms with Crippen LogP contribution in [0.2, 0.25) is 5.02 Å². The first-order valence-corrected chi connectivity index (χ1v) is 7.68. The van der Waals surface area contributed by atoms with Gasteiger partial charge in [-0.2, -0.15) is 0 Å². The van der Waals surface area contributed by atoms with Crippen LogP contribution >= 0.6 is 22.9 Å². The minimum Gasteiger partial charge on any atom is -0.370 e. The van der Waals surface area contributed by atoms with Crippen LogP contribution in [0.3, 0.4) is 0 Å². The van der Waals surface area contributed by atoms with E-state index in [0.29, 0.717) is 29.9 Å². The smallest absolute Gasteiger partial charge is 0.323 e. The van der Waals surface area contributed by atoms with Crippen LogP contribution in [-0.2, 0) is 4.74 Å². The topological polar surface area (TPSA) is 67.4 Å². The lowest BCUT2D eigenvalue weighted by atomic mass is 10.1. The molecule has 1 aromatic carbocycles. The molecule has 0 radical (unpaired) electrons. The zero-order chi connectivity index (χ0) is 14.7. The lowest BCUT2D eigenvalue weighted by molar-refractivity contribution is -0.0134. The van der Waals surface area contributed by atoms with E-state index in [1.54, 1.807) is 10.4 Å². The molecule has 3 rings (SSSR count). The van der Waals surface area contributed by atoms with Crippen LogP contribution < -0.4 is 5.32 Å². The van der Waals surface area contributed by atoms with Crippen molar-refractivity contribution < 1.29 is 9.53 Å². The number of benzene rings is 1. The maximum Gasteiger partial charge on any atom is 0.323 e. The monoisotopic (exact) mass is 324 g/mol. The predicted molar refractivity (Wildman–Crippen MR) is 80.6 cm³/mol.